The van der Waals surface area contributed by atoms with E-state index in [1.165, 1.54) is 0 Å². The molecule has 2 aromatic rings. The molecular weight excluding hydrogens is 322 g/mol. The summed E-state index contributed by atoms with van der Waals surface area (Å²) >= 11 is 0. The molecule has 0 radical (unpaired) electrons. The number of rotatable bonds is 3. The van der Waals surface area contributed by atoms with E-state index in [4.69, 9.17) is 18.9 Å². The first-order valence-corrected chi connectivity index (χ1v) is 8.36. The monoisotopic (exact) mass is 341 g/mol. The molecule has 0 fully saturated rings. The number of amides is 1. The van der Waals surface area contributed by atoms with E-state index >= 15 is 0 Å². The highest BCUT2D eigenvalue weighted by molar-refractivity contribution is 5.92. The molecule has 6 heteroatoms. The maximum Gasteiger partial charge on any atom is 0.228 e. The predicted octanol–water partition coefficient (Wildman–Crippen LogP) is 2.80. The van der Waals surface area contributed by atoms with Gasteiger partial charge in [0.25, 0.3) is 0 Å². The van der Waals surface area contributed by atoms with E-state index in [-0.39, 0.29) is 12.3 Å². The van der Waals surface area contributed by atoms with Crippen LogP contribution in [0.1, 0.15) is 12.0 Å². The zero-order chi connectivity index (χ0) is 17.1. The molecule has 1 amide bonds. The van der Waals surface area contributed by atoms with Gasteiger partial charge in [-0.15, -0.1) is 0 Å². The van der Waals surface area contributed by atoms with E-state index in [0.29, 0.717) is 49.4 Å². The third-order valence-corrected chi connectivity index (χ3v) is 4.00. The Kier molecular flexibility index (Phi) is 4.33. The molecule has 0 saturated carbocycles. The molecule has 2 aliphatic heterocycles. The van der Waals surface area contributed by atoms with E-state index in [1.807, 2.05) is 18.2 Å². The van der Waals surface area contributed by atoms with Crippen LogP contribution in [-0.4, -0.2) is 32.3 Å². The summed E-state index contributed by atoms with van der Waals surface area (Å²) in [7, 11) is 0. The summed E-state index contributed by atoms with van der Waals surface area (Å²) < 4.78 is 22.3. The Morgan fingerprint density at radius 3 is 2.28 bits per heavy atom. The number of carbonyl (C=O) groups excluding carboxylic acids is 1. The van der Waals surface area contributed by atoms with Gasteiger partial charge in [0.05, 0.1) is 19.6 Å². The lowest BCUT2D eigenvalue weighted by Gasteiger charge is -2.19. The van der Waals surface area contributed by atoms with Crippen LogP contribution in [0.3, 0.4) is 0 Å². The molecule has 0 unspecified atom stereocenters. The van der Waals surface area contributed by atoms with Crippen molar-refractivity contribution in [1.82, 2.24) is 0 Å². The first kappa shape index (κ1) is 15.6. The van der Waals surface area contributed by atoms with Crippen molar-refractivity contribution in [3.8, 4) is 23.0 Å². The van der Waals surface area contributed by atoms with Gasteiger partial charge in [-0.1, -0.05) is 6.07 Å². The van der Waals surface area contributed by atoms with Crippen molar-refractivity contribution < 1.29 is 23.7 Å². The summed E-state index contributed by atoms with van der Waals surface area (Å²) in [5.74, 6) is 2.67. The lowest BCUT2D eigenvalue weighted by molar-refractivity contribution is -0.115. The molecule has 1 N–H and O–H groups in total. The molecule has 0 spiro atoms. The van der Waals surface area contributed by atoms with Crippen LogP contribution in [0, 0.1) is 0 Å². The Morgan fingerprint density at radius 1 is 0.800 bits per heavy atom. The Balaban J connectivity index is 1.43. The molecular formula is C19H19NO5. The van der Waals surface area contributed by atoms with Crippen molar-refractivity contribution in [2.45, 2.75) is 12.8 Å². The molecule has 0 saturated heterocycles. The average molecular weight is 341 g/mol. The maximum absolute atomic E-state index is 12.3. The second kappa shape index (κ2) is 6.93. The summed E-state index contributed by atoms with van der Waals surface area (Å²) in [6.45, 7) is 2.33. The molecule has 25 heavy (non-hydrogen) atoms. The molecule has 6 nitrogen and oxygen atoms in total. The second-order valence-electron chi connectivity index (χ2n) is 5.91. The van der Waals surface area contributed by atoms with E-state index < -0.39 is 0 Å². The van der Waals surface area contributed by atoms with Gasteiger partial charge >= 0.3 is 0 Å². The van der Waals surface area contributed by atoms with Gasteiger partial charge < -0.3 is 24.3 Å². The smallest absolute Gasteiger partial charge is 0.228 e. The Labute approximate surface area is 145 Å². The van der Waals surface area contributed by atoms with Crippen LogP contribution in [0.25, 0.3) is 0 Å². The third-order valence-electron chi connectivity index (χ3n) is 4.00. The molecule has 2 heterocycles. The summed E-state index contributed by atoms with van der Waals surface area (Å²) in [5.41, 5.74) is 1.56. The van der Waals surface area contributed by atoms with E-state index in [1.54, 1.807) is 18.2 Å². The molecule has 0 aromatic heterocycles. The molecule has 2 aromatic carbocycles. The van der Waals surface area contributed by atoms with Gasteiger partial charge in [-0.3, -0.25) is 4.79 Å². The minimum Gasteiger partial charge on any atom is -0.490 e. The summed E-state index contributed by atoms with van der Waals surface area (Å²) in [6.07, 6.45) is 1.11. The fourth-order valence-electron chi connectivity index (χ4n) is 2.83. The lowest BCUT2D eigenvalue weighted by Crippen LogP contribution is -2.17. The molecule has 0 aliphatic carbocycles. The van der Waals surface area contributed by atoms with Crippen molar-refractivity contribution in [2.24, 2.45) is 0 Å². The summed E-state index contributed by atoms with van der Waals surface area (Å²) in [4.78, 5) is 12.3. The number of hydrogen-bond acceptors (Lipinski definition) is 5. The predicted molar refractivity (Wildman–Crippen MR) is 91.8 cm³/mol. The number of anilines is 1. The Bertz CT molecular complexity index is 789. The van der Waals surface area contributed by atoms with Gasteiger partial charge in [0.2, 0.25) is 5.91 Å². The first-order valence-electron chi connectivity index (χ1n) is 8.36. The number of hydrogen-bond donors (Lipinski definition) is 1. The topological polar surface area (TPSA) is 66.0 Å². The largest absolute Gasteiger partial charge is 0.490 e. The second-order valence-corrected chi connectivity index (χ2v) is 5.91. The molecule has 130 valence electrons. The lowest BCUT2D eigenvalue weighted by atomic mass is 10.1. The van der Waals surface area contributed by atoms with Crippen molar-refractivity contribution >= 4 is 11.6 Å². The molecule has 0 bridgehead atoms. The van der Waals surface area contributed by atoms with Gasteiger partial charge in [0.15, 0.2) is 23.0 Å². The third kappa shape index (κ3) is 3.63. The highest BCUT2D eigenvalue weighted by atomic mass is 16.6. The van der Waals surface area contributed by atoms with Crippen LogP contribution in [-0.2, 0) is 11.2 Å². The number of fused-ring (bicyclic) bond motifs is 2. The minimum absolute atomic E-state index is 0.105. The summed E-state index contributed by atoms with van der Waals surface area (Å²) in [5, 5.41) is 2.89. The fraction of sp³-hybridized carbons (Fsp3) is 0.316. The van der Waals surface area contributed by atoms with E-state index in [0.717, 1.165) is 17.7 Å². The van der Waals surface area contributed by atoms with Crippen molar-refractivity contribution in [3.63, 3.8) is 0 Å². The summed E-state index contributed by atoms with van der Waals surface area (Å²) in [6, 6.07) is 11.0. The zero-order valence-corrected chi connectivity index (χ0v) is 13.7. The van der Waals surface area contributed by atoms with Crippen LogP contribution in [0.4, 0.5) is 5.69 Å². The van der Waals surface area contributed by atoms with Crippen LogP contribution in [0.15, 0.2) is 36.4 Å². The first-order chi connectivity index (χ1) is 12.3. The van der Waals surface area contributed by atoms with Gasteiger partial charge in [-0.2, -0.15) is 0 Å². The number of nitrogens with one attached hydrogen (secondary N) is 1. The van der Waals surface area contributed by atoms with E-state index in [2.05, 4.69) is 5.32 Å². The van der Waals surface area contributed by atoms with Crippen LogP contribution in [0.2, 0.25) is 0 Å². The van der Waals surface area contributed by atoms with Crippen LogP contribution >= 0.6 is 0 Å². The van der Waals surface area contributed by atoms with Crippen LogP contribution < -0.4 is 24.3 Å². The van der Waals surface area contributed by atoms with Crippen molar-refractivity contribution in [2.75, 3.05) is 31.7 Å². The zero-order valence-electron chi connectivity index (χ0n) is 13.7. The number of carbonyl (C=O) groups is 1. The molecule has 4 rings (SSSR count). The van der Waals surface area contributed by atoms with Crippen molar-refractivity contribution in [3.05, 3.63) is 42.0 Å². The highest BCUT2D eigenvalue weighted by Gasteiger charge is 2.14. The van der Waals surface area contributed by atoms with Gasteiger partial charge in [-0.05, 0) is 29.8 Å². The SMILES string of the molecule is O=C(Cc1ccc2c(c1)OCCCO2)Nc1ccc2c(c1)OCCO2. The van der Waals surface area contributed by atoms with E-state index in [9.17, 15) is 4.79 Å². The fourth-order valence-corrected chi connectivity index (χ4v) is 2.83. The van der Waals surface area contributed by atoms with Gasteiger partial charge in [0, 0.05) is 18.2 Å². The Hall–Kier alpha value is -2.89. The highest BCUT2D eigenvalue weighted by Crippen LogP contribution is 2.33. The van der Waals surface area contributed by atoms with Crippen LogP contribution in [0.5, 0.6) is 23.0 Å². The minimum atomic E-state index is -0.105. The average Bonchev–Trinajstić information content (AvgIpc) is 2.86. The molecule has 0 atom stereocenters. The van der Waals surface area contributed by atoms with Crippen molar-refractivity contribution in [1.29, 1.82) is 0 Å². The quantitative estimate of drug-likeness (QED) is 0.930. The number of ether oxygens (including phenoxy) is 4. The molecule has 2 aliphatic rings. The normalized spacial score (nSPS) is 15.2. The Morgan fingerprint density at radius 2 is 1.44 bits per heavy atom. The van der Waals surface area contributed by atoms with Gasteiger partial charge in [0.1, 0.15) is 13.2 Å². The number of benzene rings is 2. The standard InChI is InChI=1S/C19H19NO5/c21-19(20-14-3-5-16-18(12-14)25-9-8-24-16)11-13-2-4-15-17(10-13)23-7-1-6-22-15/h2-5,10,12H,1,6-9,11H2,(H,20,21). The van der Waals surface area contributed by atoms with Gasteiger partial charge in [-0.25, -0.2) is 0 Å². The maximum atomic E-state index is 12.3.